The van der Waals surface area contributed by atoms with E-state index in [1.807, 2.05) is 0 Å². The summed E-state index contributed by atoms with van der Waals surface area (Å²) in [6, 6.07) is 3.06. The second-order valence-corrected chi connectivity index (χ2v) is 2.25. The Kier molecular flexibility index (Phi) is 2.50. The second-order valence-electron chi connectivity index (χ2n) is 0.750. The SMILES string of the molecule is C1C[Si-]1.[Li+]. The van der Waals surface area contributed by atoms with E-state index in [4.69, 9.17) is 0 Å². The molecule has 0 amide bonds. The van der Waals surface area contributed by atoms with E-state index in [1.165, 1.54) is 21.6 Å². The number of hydrogen-bond donors (Lipinski definition) is 0. The summed E-state index contributed by atoms with van der Waals surface area (Å²) in [6.07, 6.45) is 0. The van der Waals surface area contributed by atoms with E-state index in [-0.39, 0.29) is 18.9 Å². The zero-order valence-corrected chi connectivity index (χ0v) is 3.91. The molecule has 1 heterocycles. The fraction of sp³-hybridized carbons (Fsp3) is 1.00. The van der Waals surface area contributed by atoms with Gasteiger partial charge in [-0.15, -0.1) is 0 Å². The third kappa shape index (κ3) is 2.81. The molecule has 0 aromatic rings. The largest absolute Gasteiger partial charge is 1.00 e. The molecule has 1 aliphatic heterocycles. The molecule has 0 aliphatic carbocycles. The Labute approximate surface area is 41.0 Å². The van der Waals surface area contributed by atoms with Gasteiger partial charge in [0.25, 0.3) is 0 Å². The summed E-state index contributed by atoms with van der Waals surface area (Å²) in [5.41, 5.74) is 0. The monoisotopic (exact) mass is 63.0 g/mol. The maximum Gasteiger partial charge on any atom is 1.00 e. The molecule has 0 aromatic carbocycles. The van der Waals surface area contributed by atoms with Gasteiger partial charge in [0.2, 0.25) is 0 Å². The molecule has 0 N–H and O–H groups in total. The minimum Gasteiger partial charge on any atom is -0.437 e. The fourth-order valence-electron chi connectivity index (χ4n) is 0. The molecule has 0 spiro atoms. The third-order valence-electron chi connectivity index (χ3n) is 0.250. The Morgan fingerprint density at radius 2 is 1.50 bits per heavy atom. The van der Waals surface area contributed by atoms with Gasteiger partial charge in [0.1, 0.15) is 0 Å². The molecule has 1 fully saturated rings. The van der Waals surface area contributed by atoms with Gasteiger partial charge < -0.3 is 9.52 Å². The van der Waals surface area contributed by atoms with E-state index >= 15 is 0 Å². The molecule has 0 unspecified atom stereocenters. The van der Waals surface area contributed by atoms with Crippen molar-refractivity contribution < 1.29 is 18.9 Å². The molecule has 4 heavy (non-hydrogen) atoms. The third-order valence-corrected chi connectivity index (χ3v) is 0.750. The van der Waals surface area contributed by atoms with E-state index in [1.54, 1.807) is 0 Å². The van der Waals surface area contributed by atoms with Gasteiger partial charge in [-0.3, -0.25) is 0 Å². The molecule has 1 radical (unpaired) electrons. The fourth-order valence-corrected chi connectivity index (χ4v) is 0. The van der Waals surface area contributed by atoms with Gasteiger partial charge in [-0.1, -0.05) is 0 Å². The molecule has 1 rings (SSSR count). The summed E-state index contributed by atoms with van der Waals surface area (Å²) in [4.78, 5) is 0. The van der Waals surface area contributed by atoms with Crippen LogP contribution in [0.1, 0.15) is 0 Å². The number of hydrogen-bond acceptors (Lipinski definition) is 0. The van der Waals surface area contributed by atoms with Crippen LogP contribution in [0.5, 0.6) is 0 Å². The zero-order valence-electron chi connectivity index (χ0n) is 2.91. The summed E-state index contributed by atoms with van der Waals surface area (Å²) in [5, 5.41) is 0. The van der Waals surface area contributed by atoms with Crippen LogP contribution in [0.15, 0.2) is 0 Å². The first kappa shape index (κ1) is 4.81. The summed E-state index contributed by atoms with van der Waals surface area (Å²) in [6.45, 7) is 0. The molecule has 0 bridgehead atoms. The zero-order chi connectivity index (χ0) is 2.12. The van der Waals surface area contributed by atoms with Crippen molar-refractivity contribution in [2.24, 2.45) is 0 Å². The van der Waals surface area contributed by atoms with Crippen LogP contribution in [0.2, 0.25) is 12.1 Å². The minimum absolute atomic E-state index is 0. The van der Waals surface area contributed by atoms with E-state index in [0.29, 0.717) is 0 Å². The molecule has 17 valence electrons. The van der Waals surface area contributed by atoms with Crippen molar-refractivity contribution in [1.82, 2.24) is 0 Å². The van der Waals surface area contributed by atoms with Gasteiger partial charge in [0, 0.05) is 0 Å². The predicted octanol–water partition coefficient (Wildman–Crippen LogP) is -2.46. The summed E-state index contributed by atoms with van der Waals surface area (Å²) < 4.78 is 0. The van der Waals surface area contributed by atoms with Crippen LogP contribution in [-0.4, -0.2) is 9.52 Å². The standard InChI is InChI=1S/C2H4Si.Li/c1-2-3-1;/h1-2H2;/q-1;+1. The van der Waals surface area contributed by atoms with Crippen LogP contribution >= 0.6 is 0 Å². The average Bonchev–Trinajstić information content (AvgIpc) is 1.46. The molecule has 0 nitrogen and oxygen atoms in total. The van der Waals surface area contributed by atoms with E-state index in [2.05, 4.69) is 0 Å². The van der Waals surface area contributed by atoms with E-state index in [0.717, 1.165) is 0 Å². The van der Waals surface area contributed by atoms with Crippen molar-refractivity contribution >= 4 is 9.52 Å². The van der Waals surface area contributed by atoms with Crippen LogP contribution in [0, 0.1) is 0 Å². The van der Waals surface area contributed by atoms with Crippen LogP contribution < -0.4 is 18.9 Å². The summed E-state index contributed by atoms with van der Waals surface area (Å²) in [7, 11) is 1.33. The second kappa shape index (κ2) is 2.08. The van der Waals surface area contributed by atoms with Gasteiger partial charge in [0.15, 0.2) is 0 Å². The van der Waals surface area contributed by atoms with Gasteiger partial charge in [-0.2, -0.15) is 0 Å². The van der Waals surface area contributed by atoms with Gasteiger partial charge in [0.05, 0.1) is 0 Å². The molecule has 1 aliphatic rings. The van der Waals surface area contributed by atoms with Crippen molar-refractivity contribution in [3.8, 4) is 0 Å². The smallest absolute Gasteiger partial charge is 0.437 e. The molecule has 2 heteroatoms. The first-order valence-electron chi connectivity index (χ1n) is 1.21. The first-order chi connectivity index (χ1) is 1.50. The summed E-state index contributed by atoms with van der Waals surface area (Å²) >= 11 is 0. The van der Waals surface area contributed by atoms with Crippen LogP contribution in [-0.2, 0) is 0 Å². The Morgan fingerprint density at radius 1 is 1.25 bits per heavy atom. The summed E-state index contributed by atoms with van der Waals surface area (Å²) in [5.74, 6) is 0. The topological polar surface area (TPSA) is 0 Å². The van der Waals surface area contributed by atoms with Crippen LogP contribution in [0.4, 0.5) is 0 Å². The van der Waals surface area contributed by atoms with Gasteiger partial charge >= 0.3 is 18.9 Å². The minimum atomic E-state index is 0. The Hall–Kier alpha value is 0.814. The van der Waals surface area contributed by atoms with Gasteiger partial charge in [-0.05, 0) is 0 Å². The average molecular weight is 63.1 g/mol. The Morgan fingerprint density at radius 3 is 1.50 bits per heavy atom. The molecule has 1 saturated heterocycles. The Bertz CT molecular complexity index is 10.8. The van der Waals surface area contributed by atoms with Crippen LogP contribution in [0.3, 0.4) is 0 Å². The number of rotatable bonds is 0. The van der Waals surface area contributed by atoms with Crippen molar-refractivity contribution in [2.75, 3.05) is 0 Å². The predicted molar refractivity (Wildman–Crippen MR) is 15.4 cm³/mol. The molecule has 0 aromatic heterocycles. The van der Waals surface area contributed by atoms with Crippen LogP contribution in [0.25, 0.3) is 0 Å². The molecular formula is C2H4LiSi. The van der Waals surface area contributed by atoms with Gasteiger partial charge in [-0.25, -0.2) is 12.1 Å². The van der Waals surface area contributed by atoms with Crippen molar-refractivity contribution in [1.29, 1.82) is 0 Å². The maximum absolute atomic E-state index is 1.53. The van der Waals surface area contributed by atoms with Crippen molar-refractivity contribution in [2.45, 2.75) is 12.1 Å². The molecule has 0 saturated carbocycles. The van der Waals surface area contributed by atoms with Crippen molar-refractivity contribution in [3.05, 3.63) is 0 Å². The molecule has 0 atom stereocenters. The normalized spacial score (nSPS) is 18.0. The van der Waals surface area contributed by atoms with Crippen molar-refractivity contribution in [3.63, 3.8) is 0 Å². The van der Waals surface area contributed by atoms with E-state index in [9.17, 15) is 0 Å². The quantitative estimate of drug-likeness (QED) is 0.274. The molecular weight excluding hydrogens is 59.0 g/mol. The Balaban J connectivity index is 0.0000000900. The first-order valence-corrected chi connectivity index (χ1v) is 2.62. The maximum atomic E-state index is 1.53. The van der Waals surface area contributed by atoms with E-state index < -0.39 is 0 Å².